The molecule has 0 fully saturated rings. The van der Waals surface area contributed by atoms with Gasteiger partial charge < -0.3 is 20.4 Å². The van der Waals surface area contributed by atoms with Crippen LogP contribution in [0, 0.1) is 0 Å². The van der Waals surface area contributed by atoms with Gasteiger partial charge in [0.2, 0.25) is 0 Å². The van der Waals surface area contributed by atoms with Gasteiger partial charge in [-0.25, -0.2) is 0 Å². The summed E-state index contributed by atoms with van der Waals surface area (Å²) in [6.45, 7) is 3.11. The van der Waals surface area contributed by atoms with Crippen molar-refractivity contribution in [1.29, 1.82) is 0 Å². The zero-order valence-corrected chi connectivity index (χ0v) is 18.5. The minimum Gasteiger partial charge on any atom is -0.394 e. The predicted octanol–water partition coefficient (Wildman–Crippen LogP) is 4.21. The van der Waals surface area contributed by atoms with E-state index in [1.807, 2.05) is 4.90 Å². The molecule has 0 heterocycles. The number of rotatable bonds is 22. The summed E-state index contributed by atoms with van der Waals surface area (Å²) in [5.74, 6) is 0. The molecule has 0 aliphatic rings. The van der Waals surface area contributed by atoms with Crippen LogP contribution in [0.25, 0.3) is 0 Å². The van der Waals surface area contributed by atoms with E-state index in [1.165, 1.54) is 89.9 Å². The van der Waals surface area contributed by atoms with Crippen LogP contribution in [0.3, 0.4) is 0 Å². The second kappa shape index (κ2) is 21.5. The van der Waals surface area contributed by atoms with Gasteiger partial charge in [0.25, 0.3) is 0 Å². The molecule has 5 heteroatoms. The fourth-order valence-corrected chi connectivity index (χ4v) is 3.73. The van der Waals surface area contributed by atoms with Gasteiger partial charge in [0.05, 0.1) is 12.7 Å². The zero-order chi connectivity index (χ0) is 20.9. The third kappa shape index (κ3) is 20.5. The Morgan fingerprint density at radius 1 is 0.571 bits per heavy atom. The van der Waals surface area contributed by atoms with Gasteiger partial charge in [0, 0.05) is 13.1 Å². The fourth-order valence-electron chi connectivity index (χ4n) is 3.73. The van der Waals surface area contributed by atoms with E-state index in [-0.39, 0.29) is 19.7 Å². The number of nitrogens with zero attached hydrogens (tertiary/aromatic N) is 1. The maximum atomic E-state index is 9.52. The van der Waals surface area contributed by atoms with E-state index in [2.05, 4.69) is 6.92 Å². The molecule has 0 aliphatic carbocycles. The first-order chi connectivity index (χ1) is 13.6. The molecule has 0 bridgehead atoms. The largest absolute Gasteiger partial charge is 0.394 e. The molecule has 0 saturated carbocycles. The Labute approximate surface area is 174 Å². The molecule has 170 valence electrons. The van der Waals surface area contributed by atoms with Crippen molar-refractivity contribution < 1.29 is 20.4 Å². The van der Waals surface area contributed by atoms with Gasteiger partial charge in [-0.3, -0.25) is 4.90 Å². The van der Waals surface area contributed by atoms with E-state index < -0.39 is 12.4 Å². The third-order valence-corrected chi connectivity index (χ3v) is 5.43. The predicted molar refractivity (Wildman–Crippen MR) is 117 cm³/mol. The molecular formula is C23H49NO4. The van der Waals surface area contributed by atoms with Crippen LogP contribution < -0.4 is 0 Å². The quantitative estimate of drug-likeness (QED) is 0.161. The van der Waals surface area contributed by atoms with Crippen molar-refractivity contribution in [2.75, 3.05) is 26.2 Å². The van der Waals surface area contributed by atoms with Crippen LogP contribution >= 0.6 is 0 Å². The molecule has 0 saturated heterocycles. The number of unbranched alkanes of at least 4 members (excludes halogenated alkanes) is 15. The SMILES string of the molecule is CCCCCCCCCCCCCCCCCCN(CC(O)O)CC(O)CO. The van der Waals surface area contributed by atoms with Gasteiger partial charge >= 0.3 is 0 Å². The Hall–Kier alpha value is -0.200. The molecule has 4 N–H and O–H groups in total. The maximum absolute atomic E-state index is 9.52. The topological polar surface area (TPSA) is 84.2 Å². The molecule has 0 spiro atoms. The van der Waals surface area contributed by atoms with Crippen LogP contribution in [0.2, 0.25) is 0 Å². The van der Waals surface area contributed by atoms with Crippen molar-refractivity contribution in [2.45, 2.75) is 122 Å². The summed E-state index contributed by atoms with van der Waals surface area (Å²) >= 11 is 0. The highest BCUT2D eigenvalue weighted by Gasteiger charge is 2.13. The molecule has 1 atom stereocenters. The molecule has 0 rings (SSSR count). The van der Waals surface area contributed by atoms with Crippen LogP contribution in [-0.4, -0.2) is 64.0 Å². The second-order valence-corrected chi connectivity index (χ2v) is 8.38. The lowest BCUT2D eigenvalue weighted by molar-refractivity contribution is -0.0684. The van der Waals surface area contributed by atoms with Crippen molar-refractivity contribution in [3.05, 3.63) is 0 Å². The number of aliphatic hydroxyl groups excluding tert-OH is 3. The maximum Gasteiger partial charge on any atom is 0.164 e. The number of hydrogen-bond acceptors (Lipinski definition) is 5. The Morgan fingerprint density at radius 3 is 1.32 bits per heavy atom. The van der Waals surface area contributed by atoms with Crippen molar-refractivity contribution in [3.8, 4) is 0 Å². The van der Waals surface area contributed by atoms with Crippen molar-refractivity contribution in [1.82, 2.24) is 4.90 Å². The van der Waals surface area contributed by atoms with Gasteiger partial charge in [-0.2, -0.15) is 0 Å². The van der Waals surface area contributed by atoms with Crippen molar-refractivity contribution >= 4 is 0 Å². The minimum absolute atomic E-state index is 0.121. The van der Waals surface area contributed by atoms with E-state index in [0.717, 1.165) is 19.4 Å². The molecule has 0 aromatic rings. The third-order valence-electron chi connectivity index (χ3n) is 5.43. The minimum atomic E-state index is -1.40. The van der Waals surface area contributed by atoms with E-state index >= 15 is 0 Å². The molecule has 5 nitrogen and oxygen atoms in total. The van der Waals surface area contributed by atoms with E-state index in [1.54, 1.807) is 0 Å². The van der Waals surface area contributed by atoms with Crippen LogP contribution in [0.15, 0.2) is 0 Å². The van der Waals surface area contributed by atoms with Crippen LogP contribution in [0.4, 0.5) is 0 Å². The molecule has 28 heavy (non-hydrogen) atoms. The standard InChI is InChI=1S/C23H49NO4/c1-2-3-4-5-6-7-8-9-10-11-12-13-14-15-16-17-18-24(20-23(27)28)19-22(26)21-25/h22-23,25-28H,2-21H2,1H3. The number of hydrogen-bond donors (Lipinski definition) is 4. The van der Waals surface area contributed by atoms with E-state index in [4.69, 9.17) is 15.3 Å². The summed E-state index contributed by atoms with van der Waals surface area (Å²) in [6, 6.07) is 0. The number of aliphatic hydroxyl groups is 4. The first kappa shape index (κ1) is 27.8. The van der Waals surface area contributed by atoms with Crippen LogP contribution in [0.1, 0.15) is 110 Å². The Kier molecular flexibility index (Phi) is 21.4. The summed E-state index contributed by atoms with van der Waals surface area (Å²) in [5, 5.41) is 36.7. The monoisotopic (exact) mass is 403 g/mol. The molecule has 0 radical (unpaired) electrons. The van der Waals surface area contributed by atoms with E-state index in [0.29, 0.717) is 0 Å². The van der Waals surface area contributed by atoms with Gasteiger partial charge in [-0.05, 0) is 13.0 Å². The first-order valence-corrected chi connectivity index (χ1v) is 12.0. The average molecular weight is 404 g/mol. The van der Waals surface area contributed by atoms with Gasteiger partial charge in [-0.15, -0.1) is 0 Å². The molecule has 0 aromatic carbocycles. The Bertz CT molecular complexity index is 302. The summed E-state index contributed by atoms with van der Waals surface area (Å²) in [4.78, 5) is 1.81. The molecular weight excluding hydrogens is 354 g/mol. The average Bonchev–Trinajstić information content (AvgIpc) is 2.66. The van der Waals surface area contributed by atoms with Gasteiger partial charge in [0.15, 0.2) is 6.29 Å². The smallest absolute Gasteiger partial charge is 0.164 e. The lowest BCUT2D eigenvalue weighted by Crippen LogP contribution is -2.39. The first-order valence-electron chi connectivity index (χ1n) is 12.0. The molecule has 0 aliphatic heterocycles. The van der Waals surface area contributed by atoms with Crippen LogP contribution in [0.5, 0.6) is 0 Å². The zero-order valence-electron chi connectivity index (χ0n) is 18.5. The fraction of sp³-hybridized carbons (Fsp3) is 1.00. The summed E-state index contributed by atoms with van der Waals surface area (Å²) in [6.07, 6.45) is 19.1. The van der Waals surface area contributed by atoms with Gasteiger partial charge in [0.1, 0.15) is 0 Å². The van der Waals surface area contributed by atoms with Crippen molar-refractivity contribution in [3.63, 3.8) is 0 Å². The molecule has 0 amide bonds. The molecule has 1 unspecified atom stereocenters. The summed E-state index contributed by atoms with van der Waals surface area (Å²) in [7, 11) is 0. The Balaban J connectivity index is 3.37. The van der Waals surface area contributed by atoms with E-state index in [9.17, 15) is 5.11 Å². The lowest BCUT2D eigenvalue weighted by Gasteiger charge is -2.25. The van der Waals surface area contributed by atoms with Crippen LogP contribution in [-0.2, 0) is 0 Å². The van der Waals surface area contributed by atoms with Gasteiger partial charge in [-0.1, -0.05) is 103 Å². The normalized spacial score (nSPS) is 13.0. The molecule has 0 aromatic heterocycles. The highest BCUT2D eigenvalue weighted by Crippen LogP contribution is 2.14. The highest BCUT2D eigenvalue weighted by molar-refractivity contribution is 4.65. The highest BCUT2D eigenvalue weighted by atomic mass is 16.5. The van der Waals surface area contributed by atoms with Crippen molar-refractivity contribution in [2.24, 2.45) is 0 Å². The second-order valence-electron chi connectivity index (χ2n) is 8.38. The summed E-state index contributed by atoms with van der Waals surface area (Å²) in [5.41, 5.74) is 0. The summed E-state index contributed by atoms with van der Waals surface area (Å²) < 4.78 is 0. The Morgan fingerprint density at radius 2 is 0.964 bits per heavy atom. The lowest BCUT2D eigenvalue weighted by atomic mass is 10.0.